The van der Waals surface area contributed by atoms with E-state index >= 15 is 0 Å². The molecule has 7 heteroatoms. The molecule has 0 saturated carbocycles. The van der Waals surface area contributed by atoms with Crippen LogP contribution < -0.4 is 5.14 Å². The molecule has 0 aromatic heterocycles. The summed E-state index contributed by atoms with van der Waals surface area (Å²) in [5, 5.41) is 7.98. The van der Waals surface area contributed by atoms with Gasteiger partial charge in [-0.25, -0.2) is 13.6 Å². The van der Waals surface area contributed by atoms with Gasteiger partial charge in [-0.1, -0.05) is 6.07 Å². The van der Waals surface area contributed by atoms with Crippen LogP contribution >= 0.6 is 0 Å². The van der Waals surface area contributed by atoms with E-state index in [9.17, 15) is 13.3 Å². The Labute approximate surface area is 118 Å². The Balaban J connectivity index is 2.21. The van der Waals surface area contributed by atoms with Crippen LogP contribution in [0.4, 0.5) is 5.69 Å². The van der Waals surface area contributed by atoms with Crippen molar-refractivity contribution in [3.8, 4) is 0 Å². The Morgan fingerprint density at radius 3 is 2.80 bits per heavy atom. The van der Waals surface area contributed by atoms with E-state index in [0.29, 0.717) is 12.3 Å². The summed E-state index contributed by atoms with van der Waals surface area (Å²) in [7, 11) is -3.81. The van der Waals surface area contributed by atoms with E-state index in [0.717, 1.165) is 38.0 Å². The molecule has 1 aliphatic heterocycles. The SMILES string of the molecule is NS(=O)(=O)c1ccc(C[C@H]2CCCOCC2)c(N=O)c1. The van der Waals surface area contributed by atoms with E-state index in [1.807, 2.05) is 0 Å². The average molecular weight is 298 g/mol. The summed E-state index contributed by atoms with van der Waals surface area (Å²) in [5.41, 5.74) is 0.918. The van der Waals surface area contributed by atoms with Gasteiger partial charge in [0.15, 0.2) is 0 Å². The summed E-state index contributed by atoms with van der Waals surface area (Å²) >= 11 is 0. The summed E-state index contributed by atoms with van der Waals surface area (Å²) in [6, 6.07) is 4.29. The van der Waals surface area contributed by atoms with Crippen LogP contribution in [-0.2, 0) is 21.2 Å². The highest BCUT2D eigenvalue weighted by Gasteiger charge is 2.17. The Morgan fingerprint density at radius 2 is 2.10 bits per heavy atom. The van der Waals surface area contributed by atoms with Crippen molar-refractivity contribution in [1.82, 2.24) is 0 Å². The molecule has 1 aromatic rings. The molecular formula is C13H18N2O4S. The minimum Gasteiger partial charge on any atom is -0.381 e. The Morgan fingerprint density at radius 1 is 1.30 bits per heavy atom. The van der Waals surface area contributed by atoms with Gasteiger partial charge in [-0.2, -0.15) is 0 Å². The lowest BCUT2D eigenvalue weighted by atomic mass is 9.92. The van der Waals surface area contributed by atoms with Gasteiger partial charge >= 0.3 is 0 Å². The summed E-state index contributed by atoms with van der Waals surface area (Å²) in [5.74, 6) is 0.429. The van der Waals surface area contributed by atoms with Gasteiger partial charge in [0.25, 0.3) is 0 Å². The molecule has 0 unspecified atom stereocenters. The van der Waals surface area contributed by atoms with Crippen molar-refractivity contribution in [2.75, 3.05) is 13.2 Å². The van der Waals surface area contributed by atoms with Gasteiger partial charge < -0.3 is 4.74 Å². The lowest BCUT2D eigenvalue weighted by Crippen LogP contribution is -2.12. The number of nitroso groups, excluding NO2 is 1. The lowest BCUT2D eigenvalue weighted by molar-refractivity contribution is 0.141. The number of primary sulfonamides is 1. The van der Waals surface area contributed by atoms with Crippen molar-refractivity contribution in [1.29, 1.82) is 0 Å². The maximum absolute atomic E-state index is 11.3. The van der Waals surface area contributed by atoms with Crippen LogP contribution in [0.2, 0.25) is 0 Å². The predicted molar refractivity (Wildman–Crippen MR) is 75.1 cm³/mol. The van der Waals surface area contributed by atoms with Gasteiger partial charge in [0, 0.05) is 13.2 Å². The second-order valence-electron chi connectivity index (χ2n) is 5.04. The van der Waals surface area contributed by atoms with Gasteiger partial charge in [-0.05, 0) is 54.5 Å². The van der Waals surface area contributed by atoms with Gasteiger partial charge in [-0.3, -0.25) is 0 Å². The largest absolute Gasteiger partial charge is 0.381 e. The first-order valence-corrected chi connectivity index (χ1v) is 8.12. The number of sulfonamides is 1. The molecule has 2 N–H and O–H groups in total. The van der Waals surface area contributed by atoms with Crippen LogP contribution in [-0.4, -0.2) is 21.6 Å². The van der Waals surface area contributed by atoms with Crippen molar-refractivity contribution >= 4 is 15.7 Å². The van der Waals surface area contributed by atoms with E-state index in [1.165, 1.54) is 12.1 Å². The number of ether oxygens (including phenoxy) is 1. The third-order valence-corrected chi connectivity index (χ3v) is 4.47. The van der Waals surface area contributed by atoms with Crippen molar-refractivity contribution in [3.63, 3.8) is 0 Å². The Bertz CT molecular complexity index is 578. The molecule has 6 nitrogen and oxygen atoms in total. The molecule has 2 rings (SSSR count). The first-order chi connectivity index (χ1) is 9.50. The number of hydrogen-bond acceptors (Lipinski definition) is 5. The molecule has 0 radical (unpaired) electrons. The molecule has 1 heterocycles. The van der Waals surface area contributed by atoms with Gasteiger partial charge in [0.2, 0.25) is 10.0 Å². The van der Waals surface area contributed by atoms with Crippen LogP contribution in [0, 0.1) is 10.8 Å². The maximum atomic E-state index is 11.3. The third kappa shape index (κ3) is 3.84. The molecule has 0 bridgehead atoms. The first kappa shape index (κ1) is 15.1. The molecule has 1 aliphatic rings. The predicted octanol–water partition coefficient (Wildman–Crippen LogP) is 2.09. The topological polar surface area (TPSA) is 98.8 Å². The summed E-state index contributed by atoms with van der Waals surface area (Å²) in [4.78, 5) is 10.8. The van der Waals surface area contributed by atoms with Crippen molar-refractivity contribution in [2.45, 2.75) is 30.6 Å². The van der Waals surface area contributed by atoms with Crippen molar-refractivity contribution in [2.24, 2.45) is 16.2 Å². The third-order valence-electron chi connectivity index (χ3n) is 3.56. The zero-order chi connectivity index (χ0) is 14.6. The summed E-state index contributed by atoms with van der Waals surface area (Å²) in [6.07, 6.45) is 3.68. The second kappa shape index (κ2) is 6.43. The highest BCUT2D eigenvalue weighted by atomic mass is 32.2. The zero-order valence-corrected chi connectivity index (χ0v) is 11.9. The van der Waals surface area contributed by atoms with E-state index in [4.69, 9.17) is 9.88 Å². The molecule has 1 saturated heterocycles. The number of nitrogens with two attached hydrogens (primary N) is 1. The molecule has 20 heavy (non-hydrogen) atoms. The van der Waals surface area contributed by atoms with Crippen molar-refractivity contribution in [3.05, 3.63) is 28.7 Å². The Kier molecular flexibility index (Phi) is 4.85. The molecule has 110 valence electrons. The minimum absolute atomic E-state index is 0.0833. The zero-order valence-electron chi connectivity index (χ0n) is 11.1. The average Bonchev–Trinajstić information content (AvgIpc) is 2.66. The first-order valence-electron chi connectivity index (χ1n) is 6.57. The van der Waals surface area contributed by atoms with Crippen molar-refractivity contribution < 1.29 is 13.2 Å². The molecule has 1 aromatic carbocycles. The van der Waals surface area contributed by atoms with E-state index < -0.39 is 10.0 Å². The van der Waals surface area contributed by atoms with Crippen LogP contribution in [0.25, 0.3) is 0 Å². The summed E-state index contributed by atoms with van der Waals surface area (Å²) < 4.78 is 27.9. The maximum Gasteiger partial charge on any atom is 0.238 e. The Hall–Kier alpha value is -1.31. The molecule has 0 aliphatic carbocycles. The standard InChI is InChI=1S/C13H18N2O4S/c14-20(17,18)12-4-3-11(13(9-12)15-16)8-10-2-1-6-19-7-5-10/h3-4,9-10H,1-2,5-8H2,(H2,14,17,18)/t10-/m0/s1. The fraction of sp³-hybridized carbons (Fsp3) is 0.538. The number of nitrogens with zero attached hydrogens (tertiary/aromatic N) is 1. The fourth-order valence-corrected chi connectivity index (χ4v) is 3.00. The van der Waals surface area contributed by atoms with E-state index in [1.54, 1.807) is 6.07 Å². The van der Waals surface area contributed by atoms with E-state index in [2.05, 4.69) is 5.18 Å². The minimum atomic E-state index is -3.81. The normalized spacial score (nSPS) is 20.4. The smallest absolute Gasteiger partial charge is 0.238 e. The monoisotopic (exact) mass is 298 g/mol. The quantitative estimate of drug-likeness (QED) is 0.860. The number of rotatable bonds is 4. The second-order valence-corrected chi connectivity index (χ2v) is 6.60. The fourth-order valence-electron chi connectivity index (χ4n) is 2.46. The van der Waals surface area contributed by atoms with Gasteiger partial charge in [-0.15, -0.1) is 4.91 Å². The highest BCUT2D eigenvalue weighted by Crippen LogP contribution is 2.28. The lowest BCUT2D eigenvalue weighted by Gasteiger charge is -2.14. The number of hydrogen-bond donors (Lipinski definition) is 1. The molecule has 1 fully saturated rings. The molecule has 0 amide bonds. The molecule has 0 spiro atoms. The van der Waals surface area contributed by atoms with Gasteiger partial charge in [0.1, 0.15) is 5.69 Å². The number of benzene rings is 1. The van der Waals surface area contributed by atoms with Crippen LogP contribution in [0.3, 0.4) is 0 Å². The molecule has 1 atom stereocenters. The van der Waals surface area contributed by atoms with Crippen LogP contribution in [0.5, 0.6) is 0 Å². The van der Waals surface area contributed by atoms with E-state index in [-0.39, 0.29) is 10.6 Å². The highest BCUT2D eigenvalue weighted by molar-refractivity contribution is 7.89. The molecular weight excluding hydrogens is 280 g/mol. The van der Waals surface area contributed by atoms with Gasteiger partial charge in [0.05, 0.1) is 4.90 Å². The summed E-state index contributed by atoms with van der Waals surface area (Å²) in [6.45, 7) is 1.50. The van der Waals surface area contributed by atoms with Crippen LogP contribution in [0.1, 0.15) is 24.8 Å². The van der Waals surface area contributed by atoms with Crippen LogP contribution in [0.15, 0.2) is 28.3 Å².